The highest BCUT2D eigenvalue weighted by molar-refractivity contribution is 6.09. The van der Waals surface area contributed by atoms with Gasteiger partial charge in [0.25, 0.3) is 0 Å². The normalized spacial score (nSPS) is 19.0. The van der Waals surface area contributed by atoms with E-state index in [1.165, 1.54) is 11.1 Å². The van der Waals surface area contributed by atoms with Gasteiger partial charge in [0, 0.05) is 48.5 Å². The zero-order valence-corrected chi connectivity index (χ0v) is 16.8. The third-order valence-corrected chi connectivity index (χ3v) is 5.00. The molecule has 1 aliphatic heterocycles. The van der Waals surface area contributed by atoms with Crippen LogP contribution in [0, 0.1) is 6.92 Å². The Balaban J connectivity index is 2.09. The summed E-state index contributed by atoms with van der Waals surface area (Å²) >= 11 is 0. The Kier molecular flexibility index (Phi) is 6.04. The third-order valence-electron chi connectivity index (χ3n) is 5.00. The van der Waals surface area contributed by atoms with Gasteiger partial charge in [-0.25, -0.2) is 0 Å². The van der Waals surface area contributed by atoms with Crippen LogP contribution in [-0.4, -0.2) is 19.8 Å². The Morgan fingerprint density at radius 2 is 1.96 bits per heavy atom. The van der Waals surface area contributed by atoms with Gasteiger partial charge in [-0.15, -0.1) is 0 Å². The number of nitrogens with zero attached hydrogens (tertiary/aromatic N) is 1. The summed E-state index contributed by atoms with van der Waals surface area (Å²) < 4.78 is 0. The summed E-state index contributed by atoms with van der Waals surface area (Å²) in [7, 11) is 1.75. The summed E-state index contributed by atoms with van der Waals surface area (Å²) in [5.74, 6) is 0. The molecule has 0 aliphatic carbocycles. The van der Waals surface area contributed by atoms with Crippen LogP contribution in [0.4, 0.5) is 5.69 Å². The lowest BCUT2D eigenvalue weighted by Crippen LogP contribution is -2.16. The van der Waals surface area contributed by atoms with Gasteiger partial charge in [0.1, 0.15) is 0 Å². The Hall–Kier alpha value is -3.21. The molecule has 0 fully saturated rings. The van der Waals surface area contributed by atoms with Gasteiger partial charge in [0.15, 0.2) is 0 Å². The van der Waals surface area contributed by atoms with Crippen LogP contribution in [0.1, 0.15) is 41.6 Å². The van der Waals surface area contributed by atoms with E-state index >= 15 is 0 Å². The molecule has 1 heterocycles. The summed E-state index contributed by atoms with van der Waals surface area (Å²) in [5.41, 5.74) is 20.4. The molecule has 2 aromatic rings. The highest BCUT2D eigenvalue weighted by Gasteiger charge is 2.23. The molecule has 5 nitrogen and oxygen atoms in total. The molecule has 0 spiro atoms. The second-order valence-corrected chi connectivity index (χ2v) is 7.15. The molecule has 6 N–H and O–H groups in total. The van der Waals surface area contributed by atoms with Gasteiger partial charge in [-0.3, -0.25) is 4.99 Å². The van der Waals surface area contributed by atoms with Crippen molar-refractivity contribution in [1.29, 1.82) is 0 Å². The Labute approximate surface area is 167 Å². The fraction of sp³-hybridized carbons (Fsp3) is 0.261. The van der Waals surface area contributed by atoms with Crippen LogP contribution in [-0.2, 0) is 0 Å². The fourth-order valence-corrected chi connectivity index (χ4v) is 3.56. The number of rotatable bonds is 4. The largest absolute Gasteiger partial charge is 0.404 e. The van der Waals surface area contributed by atoms with Crippen LogP contribution in [0.25, 0.3) is 11.3 Å². The lowest BCUT2D eigenvalue weighted by Gasteiger charge is -2.22. The highest BCUT2D eigenvalue weighted by atomic mass is 15.0. The molecule has 5 heteroatoms. The Bertz CT molecular complexity index is 919. The van der Waals surface area contributed by atoms with E-state index in [4.69, 9.17) is 11.5 Å². The number of fused-ring (bicyclic) bond motifs is 1. The summed E-state index contributed by atoms with van der Waals surface area (Å²) in [4.78, 5) is 4.12. The minimum atomic E-state index is 0.152. The number of hydrogen-bond acceptors (Lipinski definition) is 5. The first-order chi connectivity index (χ1) is 13.5. The van der Waals surface area contributed by atoms with Crippen molar-refractivity contribution in [1.82, 2.24) is 5.32 Å². The van der Waals surface area contributed by atoms with E-state index in [0.717, 1.165) is 46.7 Å². The van der Waals surface area contributed by atoms with Crippen molar-refractivity contribution in [3.8, 4) is 0 Å². The first kappa shape index (κ1) is 19.5. The number of aryl methyl sites for hydroxylation is 1. The molecule has 3 rings (SSSR count). The van der Waals surface area contributed by atoms with Gasteiger partial charge in [0.05, 0.1) is 11.7 Å². The predicted octanol–water partition coefficient (Wildman–Crippen LogP) is 3.79. The van der Waals surface area contributed by atoms with Crippen molar-refractivity contribution in [3.63, 3.8) is 0 Å². The van der Waals surface area contributed by atoms with E-state index in [-0.39, 0.29) is 6.04 Å². The Morgan fingerprint density at radius 1 is 1.21 bits per heavy atom. The number of nitrogens with two attached hydrogens (primary N) is 2. The molecule has 28 heavy (non-hydrogen) atoms. The zero-order valence-electron chi connectivity index (χ0n) is 16.8. The lowest BCUT2D eigenvalue weighted by atomic mass is 9.92. The molecule has 2 aromatic carbocycles. The van der Waals surface area contributed by atoms with Crippen molar-refractivity contribution in [3.05, 3.63) is 76.6 Å². The van der Waals surface area contributed by atoms with Crippen LogP contribution in [0.15, 0.2) is 59.4 Å². The smallest absolute Gasteiger partial charge is 0.0605 e. The number of allylic oxidation sites excluding steroid dienone is 2. The maximum atomic E-state index is 6.18. The van der Waals surface area contributed by atoms with E-state index in [1.54, 1.807) is 19.5 Å². The maximum absolute atomic E-state index is 6.18. The predicted molar refractivity (Wildman–Crippen MR) is 120 cm³/mol. The maximum Gasteiger partial charge on any atom is 0.0605 e. The van der Waals surface area contributed by atoms with Gasteiger partial charge >= 0.3 is 0 Å². The van der Waals surface area contributed by atoms with E-state index in [1.807, 2.05) is 6.92 Å². The van der Waals surface area contributed by atoms with E-state index in [2.05, 4.69) is 65.0 Å². The zero-order chi connectivity index (χ0) is 20.1. The first-order valence-electron chi connectivity index (χ1n) is 9.55. The molecule has 1 aliphatic rings. The standard InChI is InChI=1S/C23H29N5/c1-15-4-7-19(8-5-15)28-22-10-11-27-23(16(2)25)20-9-6-17(12-21(20)22)18(13-24)14-26-3/h4-9,12-14,22,27-28H,10-11,24-25H2,1-3H3/b18-13?,23-16-,26-14?. The SMILES string of the molecule is CN=CC(=CN)c1ccc2c(c1)C(Nc1ccc(C)cc1)CCN/C2=C(/C)N. The van der Waals surface area contributed by atoms with Crippen molar-refractivity contribution in [2.45, 2.75) is 26.3 Å². The number of benzene rings is 2. The van der Waals surface area contributed by atoms with Crippen LogP contribution >= 0.6 is 0 Å². The lowest BCUT2D eigenvalue weighted by molar-refractivity contribution is 0.682. The molecule has 0 aromatic heterocycles. The molecule has 0 amide bonds. The molecule has 1 unspecified atom stereocenters. The molecular formula is C23H29N5. The average molecular weight is 376 g/mol. The third kappa shape index (κ3) is 4.19. The molecule has 146 valence electrons. The summed E-state index contributed by atoms with van der Waals surface area (Å²) in [5, 5.41) is 7.19. The van der Waals surface area contributed by atoms with E-state index in [9.17, 15) is 0 Å². The minimum Gasteiger partial charge on any atom is -0.404 e. The van der Waals surface area contributed by atoms with Crippen LogP contribution in [0.5, 0.6) is 0 Å². The van der Waals surface area contributed by atoms with Gasteiger partial charge in [-0.2, -0.15) is 0 Å². The molecule has 0 radical (unpaired) electrons. The van der Waals surface area contributed by atoms with E-state index < -0.39 is 0 Å². The van der Waals surface area contributed by atoms with Gasteiger partial charge in [0.2, 0.25) is 0 Å². The molecule has 0 saturated heterocycles. The van der Waals surface area contributed by atoms with Crippen molar-refractivity contribution < 1.29 is 0 Å². The molecule has 0 saturated carbocycles. The quantitative estimate of drug-likeness (QED) is 0.612. The second-order valence-electron chi connectivity index (χ2n) is 7.15. The van der Waals surface area contributed by atoms with Gasteiger partial charge in [-0.1, -0.05) is 29.8 Å². The second kappa shape index (κ2) is 8.65. The van der Waals surface area contributed by atoms with Crippen molar-refractivity contribution >= 4 is 23.2 Å². The average Bonchev–Trinajstić information content (AvgIpc) is 2.87. The topological polar surface area (TPSA) is 88.5 Å². The van der Waals surface area contributed by atoms with Crippen molar-refractivity contribution in [2.75, 3.05) is 18.9 Å². The number of anilines is 1. The number of nitrogens with one attached hydrogen (secondary N) is 2. The number of aliphatic imine (C=N–C) groups is 1. The summed E-state index contributed by atoms with van der Waals surface area (Å²) in [6.07, 6.45) is 4.31. The summed E-state index contributed by atoms with van der Waals surface area (Å²) in [6.45, 7) is 4.87. The summed E-state index contributed by atoms with van der Waals surface area (Å²) in [6, 6.07) is 15.0. The fourth-order valence-electron chi connectivity index (χ4n) is 3.56. The van der Waals surface area contributed by atoms with Crippen LogP contribution in [0.3, 0.4) is 0 Å². The molecule has 1 atom stereocenters. The van der Waals surface area contributed by atoms with Gasteiger partial charge in [-0.05, 0) is 49.6 Å². The Morgan fingerprint density at radius 3 is 2.61 bits per heavy atom. The van der Waals surface area contributed by atoms with Crippen molar-refractivity contribution in [2.24, 2.45) is 16.5 Å². The molecule has 0 bridgehead atoms. The first-order valence-corrected chi connectivity index (χ1v) is 9.55. The minimum absolute atomic E-state index is 0.152. The molecular weight excluding hydrogens is 346 g/mol. The van der Waals surface area contributed by atoms with E-state index in [0.29, 0.717) is 0 Å². The highest BCUT2D eigenvalue weighted by Crippen LogP contribution is 2.34. The van der Waals surface area contributed by atoms with Gasteiger partial charge < -0.3 is 22.1 Å². The monoisotopic (exact) mass is 375 g/mol. The van der Waals surface area contributed by atoms with Crippen LogP contribution in [0.2, 0.25) is 0 Å². The van der Waals surface area contributed by atoms with Crippen LogP contribution < -0.4 is 22.1 Å². The number of hydrogen-bond donors (Lipinski definition) is 4.